The summed E-state index contributed by atoms with van der Waals surface area (Å²) in [6.45, 7) is -0.285. The van der Waals surface area contributed by atoms with E-state index in [1.54, 1.807) is 0 Å². The number of rotatable bonds is 4. The Hall–Kier alpha value is -3.03. The highest BCUT2D eigenvalue weighted by Crippen LogP contribution is 2.14. The van der Waals surface area contributed by atoms with Crippen LogP contribution in [-0.2, 0) is 11.3 Å². The van der Waals surface area contributed by atoms with Crippen LogP contribution in [0.1, 0.15) is 10.4 Å². The fourth-order valence-electron chi connectivity index (χ4n) is 1.63. The van der Waals surface area contributed by atoms with E-state index in [0.29, 0.717) is 0 Å². The molecule has 0 saturated heterocycles. The fraction of sp³-hybridized carbons (Fsp3) is 0.0769. The van der Waals surface area contributed by atoms with Gasteiger partial charge in [-0.2, -0.15) is 0 Å². The molecule has 0 aliphatic rings. The van der Waals surface area contributed by atoms with E-state index < -0.39 is 28.9 Å². The average Bonchev–Trinajstić information content (AvgIpc) is 2.43. The first kappa shape index (κ1) is 14.4. The van der Waals surface area contributed by atoms with Crippen LogP contribution < -0.4 is 11.0 Å². The molecule has 0 unspecified atom stereocenters. The van der Waals surface area contributed by atoms with E-state index in [1.165, 1.54) is 24.5 Å². The Morgan fingerprint density at radius 1 is 1.38 bits per heavy atom. The van der Waals surface area contributed by atoms with Gasteiger partial charge in [-0.3, -0.25) is 9.36 Å². The largest absolute Gasteiger partial charge is 0.478 e. The van der Waals surface area contributed by atoms with Crippen molar-refractivity contribution in [3.8, 4) is 0 Å². The van der Waals surface area contributed by atoms with Crippen molar-refractivity contribution in [2.45, 2.75) is 6.54 Å². The summed E-state index contributed by atoms with van der Waals surface area (Å²) in [6, 6.07) is 4.66. The molecule has 2 aromatic rings. The number of anilines is 1. The molecule has 0 saturated carbocycles. The number of carbonyl (C=O) groups is 2. The predicted molar refractivity (Wildman–Crippen MR) is 70.5 cm³/mol. The monoisotopic (exact) mass is 291 g/mol. The quantitative estimate of drug-likeness (QED) is 0.864. The molecule has 0 spiro atoms. The van der Waals surface area contributed by atoms with Crippen molar-refractivity contribution in [2.75, 3.05) is 5.32 Å². The Morgan fingerprint density at radius 3 is 2.81 bits per heavy atom. The van der Waals surface area contributed by atoms with Crippen LogP contribution in [0.3, 0.4) is 0 Å². The number of nitrogens with zero attached hydrogens (tertiary/aromatic N) is 2. The zero-order valence-electron chi connectivity index (χ0n) is 10.6. The van der Waals surface area contributed by atoms with Gasteiger partial charge in [-0.25, -0.2) is 19.0 Å². The summed E-state index contributed by atoms with van der Waals surface area (Å²) in [5.41, 5.74) is -1.01. The molecule has 2 rings (SSSR count). The Balaban J connectivity index is 2.13. The first-order valence-corrected chi connectivity index (χ1v) is 5.81. The topological polar surface area (TPSA) is 101 Å². The van der Waals surface area contributed by atoms with Crippen LogP contribution in [0.5, 0.6) is 0 Å². The standard InChI is InChI=1S/C13H10FN3O4/c14-10-3-2-8(6-9(10)12(19)20)16-11(18)7-17-5-1-4-15-13(17)21/h1-6H,7H2,(H,16,18)(H,19,20). The van der Waals surface area contributed by atoms with Crippen molar-refractivity contribution in [2.24, 2.45) is 0 Å². The Labute approximate surface area is 117 Å². The molecule has 1 aromatic carbocycles. The van der Waals surface area contributed by atoms with E-state index in [0.717, 1.165) is 16.7 Å². The Morgan fingerprint density at radius 2 is 2.14 bits per heavy atom. The molecule has 0 radical (unpaired) electrons. The van der Waals surface area contributed by atoms with Crippen LogP contribution in [0.4, 0.5) is 10.1 Å². The molecule has 108 valence electrons. The van der Waals surface area contributed by atoms with Gasteiger partial charge >= 0.3 is 11.7 Å². The van der Waals surface area contributed by atoms with Crippen molar-refractivity contribution in [1.29, 1.82) is 0 Å². The van der Waals surface area contributed by atoms with Crippen LogP contribution in [0.2, 0.25) is 0 Å². The molecule has 0 atom stereocenters. The smallest absolute Gasteiger partial charge is 0.347 e. The highest BCUT2D eigenvalue weighted by molar-refractivity contribution is 5.93. The third-order valence-corrected chi connectivity index (χ3v) is 2.58. The predicted octanol–water partition coefficient (Wildman–Crippen LogP) is 0.719. The number of carbonyl (C=O) groups excluding carboxylic acids is 1. The van der Waals surface area contributed by atoms with Crippen LogP contribution in [0, 0.1) is 5.82 Å². The normalized spacial score (nSPS) is 10.1. The SMILES string of the molecule is O=C(Cn1cccnc1=O)Nc1ccc(F)c(C(=O)O)c1. The van der Waals surface area contributed by atoms with Crippen LogP contribution in [0.15, 0.2) is 41.5 Å². The van der Waals surface area contributed by atoms with Crippen molar-refractivity contribution >= 4 is 17.6 Å². The number of hydrogen-bond acceptors (Lipinski definition) is 4. The van der Waals surface area contributed by atoms with E-state index in [9.17, 15) is 18.8 Å². The number of aromatic nitrogens is 2. The number of carboxylic acid groups (broad SMARTS) is 1. The highest BCUT2D eigenvalue weighted by Gasteiger charge is 2.12. The molecule has 2 N–H and O–H groups in total. The number of halogens is 1. The first-order chi connectivity index (χ1) is 9.97. The van der Waals surface area contributed by atoms with E-state index in [1.807, 2.05) is 0 Å². The number of carboxylic acids is 1. The highest BCUT2D eigenvalue weighted by atomic mass is 19.1. The van der Waals surface area contributed by atoms with Gasteiger partial charge in [0.2, 0.25) is 5.91 Å². The lowest BCUT2D eigenvalue weighted by Gasteiger charge is -2.07. The second-order valence-electron chi connectivity index (χ2n) is 4.08. The molecule has 0 bridgehead atoms. The number of benzene rings is 1. The molecule has 0 aliphatic heterocycles. The minimum Gasteiger partial charge on any atom is -0.478 e. The van der Waals surface area contributed by atoms with Crippen LogP contribution in [0.25, 0.3) is 0 Å². The van der Waals surface area contributed by atoms with Gasteiger partial charge in [0, 0.05) is 18.1 Å². The first-order valence-electron chi connectivity index (χ1n) is 5.81. The minimum absolute atomic E-state index is 0.121. The molecule has 21 heavy (non-hydrogen) atoms. The molecular formula is C13H10FN3O4. The molecule has 8 heteroatoms. The fourth-order valence-corrected chi connectivity index (χ4v) is 1.63. The van der Waals surface area contributed by atoms with Crippen LogP contribution >= 0.6 is 0 Å². The number of nitrogens with one attached hydrogen (secondary N) is 1. The molecule has 1 aromatic heterocycles. The second-order valence-corrected chi connectivity index (χ2v) is 4.08. The maximum absolute atomic E-state index is 13.2. The summed E-state index contributed by atoms with van der Waals surface area (Å²) in [5, 5.41) is 11.2. The van der Waals surface area contributed by atoms with Crippen molar-refractivity contribution in [3.63, 3.8) is 0 Å². The van der Waals surface area contributed by atoms with Gasteiger partial charge < -0.3 is 10.4 Å². The number of hydrogen-bond donors (Lipinski definition) is 2. The second kappa shape index (κ2) is 5.95. The van der Waals surface area contributed by atoms with Gasteiger partial charge in [-0.05, 0) is 24.3 Å². The van der Waals surface area contributed by atoms with Crippen molar-refractivity contribution in [1.82, 2.24) is 9.55 Å². The van der Waals surface area contributed by atoms with Gasteiger partial charge in [0.1, 0.15) is 12.4 Å². The Bertz CT molecular complexity index is 757. The molecule has 1 amide bonds. The van der Waals surface area contributed by atoms with Crippen LogP contribution in [-0.4, -0.2) is 26.5 Å². The lowest BCUT2D eigenvalue weighted by Crippen LogP contribution is -2.28. The van der Waals surface area contributed by atoms with Gasteiger partial charge in [0.15, 0.2) is 0 Å². The van der Waals surface area contributed by atoms with Gasteiger partial charge in [-0.15, -0.1) is 0 Å². The zero-order chi connectivity index (χ0) is 15.4. The summed E-state index contributed by atoms with van der Waals surface area (Å²) in [5.74, 6) is -2.90. The lowest BCUT2D eigenvalue weighted by molar-refractivity contribution is -0.116. The summed E-state index contributed by atoms with van der Waals surface area (Å²) >= 11 is 0. The van der Waals surface area contributed by atoms with E-state index in [4.69, 9.17) is 5.11 Å². The average molecular weight is 291 g/mol. The van der Waals surface area contributed by atoms with Gasteiger partial charge in [-0.1, -0.05) is 0 Å². The van der Waals surface area contributed by atoms with E-state index in [-0.39, 0.29) is 12.2 Å². The Kier molecular flexibility index (Phi) is 4.07. The summed E-state index contributed by atoms with van der Waals surface area (Å²) in [4.78, 5) is 37.4. The van der Waals surface area contributed by atoms with Crippen molar-refractivity contribution < 1.29 is 19.1 Å². The molecular weight excluding hydrogens is 281 g/mol. The number of aromatic carboxylic acids is 1. The molecule has 1 heterocycles. The van der Waals surface area contributed by atoms with Gasteiger partial charge in [0.25, 0.3) is 0 Å². The maximum atomic E-state index is 13.2. The molecule has 0 aliphatic carbocycles. The minimum atomic E-state index is -1.44. The van der Waals surface area contributed by atoms with Crippen molar-refractivity contribution in [3.05, 3.63) is 58.5 Å². The number of amides is 1. The summed E-state index contributed by atoms with van der Waals surface area (Å²) < 4.78 is 14.3. The van der Waals surface area contributed by atoms with E-state index >= 15 is 0 Å². The van der Waals surface area contributed by atoms with Gasteiger partial charge in [0.05, 0.1) is 5.56 Å². The molecule has 0 fully saturated rings. The third kappa shape index (κ3) is 3.50. The lowest BCUT2D eigenvalue weighted by atomic mass is 10.2. The van der Waals surface area contributed by atoms with E-state index in [2.05, 4.69) is 10.3 Å². The maximum Gasteiger partial charge on any atom is 0.347 e. The summed E-state index contributed by atoms with van der Waals surface area (Å²) in [6.07, 6.45) is 2.69. The summed E-state index contributed by atoms with van der Waals surface area (Å²) in [7, 11) is 0. The molecule has 7 nitrogen and oxygen atoms in total. The third-order valence-electron chi connectivity index (χ3n) is 2.58. The zero-order valence-corrected chi connectivity index (χ0v) is 10.6.